The largest absolute Gasteiger partial charge is 0.377 e. The van der Waals surface area contributed by atoms with Crippen LogP contribution in [-0.2, 0) is 4.74 Å². The van der Waals surface area contributed by atoms with Crippen molar-refractivity contribution >= 4 is 0 Å². The number of allylic oxidation sites excluding steroid dienone is 4. The van der Waals surface area contributed by atoms with E-state index in [4.69, 9.17) is 4.74 Å². The van der Waals surface area contributed by atoms with Gasteiger partial charge in [-0.05, 0) is 51.5 Å². The van der Waals surface area contributed by atoms with Crippen molar-refractivity contribution in [1.82, 2.24) is 5.32 Å². The van der Waals surface area contributed by atoms with Gasteiger partial charge in [-0.1, -0.05) is 82.6 Å². The number of unbranched alkanes of at least 4 members (excludes halogenated alkanes) is 11. The molecular formula is C24H45NO. The summed E-state index contributed by atoms with van der Waals surface area (Å²) < 4.78 is 5.86. The van der Waals surface area contributed by atoms with Crippen molar-refractivity contribution in [3.8, 4) is 0 Å². The Morgan fingerprint density at radius 1 is 0.769 bits per heavy atom. The lowest BCUT2D eigenvalue weighted by Crippen LogP contribution is -2.17. The molecule has 1 aliphatic rings. The summed E-state index contributed by atoms with van der Waals surface area (Å²) >= 11 is 0. The number of ether oxygens (including phenoxy) is 1. The van der Waals surface area contributed by atoms with E-state index in [-0.39, 0.29) is 0 Å². The van der Waals surface area contributed by atoms with Gasteiger partial charge < -0.3 is 10.1 Å². The van der Waals surface area contributed by atoms with E-state index in [9.17, 15) is 0 Å². The molecular weight excluding hydrogens is 318 g/mol. The Kier molecular flexibility index (Phi) is 17.3. The summed E-state index contributed by atoms with van der Waals surface area (Å²) in [6, 6.07) is 0. The Labute approximate surface area is 163 Å². The molecule has 2 heteroatoms. The number of nitrogens with one attached hydrogen (secondary N) is 1. The van der Waals surface area contributed by atoms with Gasteiger partial charge in [-0.15, -0.1) is 0 Å². The van der Waals surface area contributed by atoms with Gasteiger partial charge in [0.25, 0.3) is 0 Å². The van der Waals surface area contributed by atoms with E-state index in [1.54, 1.807) is 0 Å². The van der Waals surface area contributed by atoms with Crippen molar-refractivity contribution in [2.24, 2.45) is 0 Å². The Balaban J connectivity index is 1.70. The van der Waals surface area contributed by atoms with Crippen molar-refractivity contribution in [3.63, 3.8) is 0 Å². The highest BCUT2D eigenvalue weighted by Gasteiger charge is 2.13. The Bertz CT molecular complexity index is 331. The normalized spacial score (nSPS) is 17.8. The molecule has 0 aliphatic carbocycles. The number of rotatable bonds is 18. The average Bonchev–Trinajstić information content (AvgIpc) is 3.17. The zero-order valence-electron chi connectivity index (χ0n) is 17.5. The smallest absolute Gasteiger partial charge is 0.0711 e. The van der Waals surface area contributed by atoms with E-state index < -0.39 is 0 Å². The van der Waals surface area contributed by atoms with Gasteiger partial charge in [0, 0.05) is 13.2 Å². The van der Waals surface area contributed by atoms with Crippen LogP contribution >= 0.6 is 0 Å². The molecule has 0 aromatic heterocycles. The summed E-state index contributed by atoms with van der Waals surface area (Å²) in [6.45, 7) is 5.42. The summed E-state index contributed by atoms with van der Waals surface area (Å²) in [5.74, 6) is 0. The average molecular weight is 364 g/mol. The van der Waals surface area contributed by atoms with Crippen molar-refractivity contribution in [2.45, 2.75) is 109 Å². The highest BCUT2D eigenvalue weighted by molar-refractivity contribution is 4.92. The summed E-state index contributed by atoms with van der Waals surface area (Å²) in [6.07, 6.45) is 29.7. The predicted octanol–water partition coefficient (Wildman–Crippen LogP) is 6.96. The fourth-order valence-corrected chi connectivity index (χ4v) is 3.46. The highest BCUT2D eigenvalue weighted by Crippen LogP contribution is 2.11. The molecule has 2 nitrogen and oxygen atoms in total. The minimum absolute atomic E-state index is 0.492. The van der Waals surface area contributed by atoms with Crippen LogP contribution in [0.4, 0.5) is 0 Å². The monoisotopic (exact) mass is 363 g/mol. The summed E-state index contributed by atoms with van der Waals surface area (Å²) in [7, 11) is 0. The molecule has 1 heterocycles. The SMILES string of the molecule is CCCCC/C=C\C/C=C\CCCCCCCCCCOC1CCNC1. The second kappa shape index (κ2) is 19.2. The van der Waals surface area contributed by atoms with Crippen LogP contribution in [0.2, 0.25) is 0 Å². The first-order chi connectivity index (χ1) is 12.9. The van der Waals surface area contributed by atoms with E-state index >= 15 is 0 Å². The molecule has 1 aliphatic heterocycles. The summed E-state index contributed by atoms with van der Waals surface area (Å²) in [5, 5.41) is 3.35. The van der Waals surface area contributed by atoms with Gasteiger partial charge in [0.05, 0.1) is 6.10 Å². The third kappa shape index (κ3) is 15.6. The second-order valence-corrected chi connectivity index (χ2v) is 7.78. The maximum atomic E-state index is 5.86. The lowest BCUT2D eigenvalue weighted by Gasteiger charge is -2.09. The van der Waals surface area contributed by atoms with Gasteiger partial charge in [0.2, 0.25) is 0 Å². The first kappa shape index (κ1) is 23.4. The minimum Gasteiger partial charge on any atom is -0.377 e. The van der Waals surface area contributed by atoms with Crippen LogP contribution in [-0.4, -0.2) is 25.8 Å². The Morgan fingerprint density at radius 2 is 1.38 bits per heavy atom. The first-order valence-electron chi connectivity index (χ1n) is 11.6. The highest BCUT2D eigenvalue weighted by atomic mass is 16.5. The van der Waals surface area contributed by atoms with E-state index in [2.05, 4.69) is 36.5 Å². The van der Waals surface area contributed by atoms with Gasteiger partial charge >= 0.3 is 0 Å². The van der Waals surface area contributed by atoms with Crippen LogP contribution in [0.25, 0.3) is 0 Å². The molecule has 0 aromatic carbocycles. The van der Waals surface area contributed by atoms with Crippen molar-refractivity contribution in [2.75, 3.05) is 19.7 Å². The molecule has 0 saturated carbocycles. The second-order valence-electron chi connectivity index (χ2n) is 7.78. The lowest BCUT2D eigenvalue weighted by molar-refractivity contribution is 0.0641. The van der Waals surface area contributed by atoms with Crippen molar-refractivity contribution < 1.29 is 4.74 Å². The van der Waals surface area contributed by atoms with Crippen LogP contribution in [0.1, 0.15) is 103 Å². The molecule has 1 unspecified atom stereocenters. The molecule has 26 heavy (non-hydrogen) atoms. The third-order valence-corrected chi connectivity index (χ3v) is 5.21. The maximum Gasteiger partial charge on any atom is 0.0711 e. The Morgan fingerprint density at radius 3 is 2.00 bits per heavy atom. The number of hydrogen-bond donors (Lipinski definition) is 1. The van der Waals surface area contributed by atoms with Crippen LogP contribution in [0.3, 0.4) is 0 Å². The van der Waals surface area contributed by atoms with E-state index in [0.717, 1.165) is 26.1 Å². The fraction of sp³-hybridized carbons (Fsp3) is 0.833. The molecule has 1 saturated heterocycles. The van der Waals surface area contributed by atoms with Gasteiger partial charge in [-0.2, -0.15) is 0 Å². The molecule has 0 aromatic rings. The molecule has 0 spiro atoms. The van der Waals surface area contributed by atoms with Crippen LogP contribution in [0.5, 0.6) is 0 Å². The molecule has 0 amide bonds. The van der Waals surface area contributed by atoms with E-state index in [1.807, 2.05) is 0 Å². The minimum atomic E-state index is 0.492. The van der Waals surface area contributed by atoms with E-state index in [0.29, 0.717) is 6.10 Å². The molecule has 1 rings (SSSR count). The van der Waals surface area contributed by atoms with Gasteiger partial charge in [-0.3, -0.25) is 0 Å². The maximum absolute atomic E-state index is 5.86. The first-order valence-corrected chi connectivity index (χ1v) is 11.6. The molecule has 1 fully saturated rings. The molecule has 1 N–H and O–H groups in total. The van der Waals surface area contributed by atoms with Crippen LogP contribution in [0.15, 0.2) is 24.3 Å². The zero-order chi connectivity index (χ0) is 18.5. The van der Waals surface area contributed by atoms with Gasteiger partial charge in [0.1, 0.15) is 0 Å². The molecule has 1 atom stereocenters. The van der Waals surface area contributed by atoms with E-state index in [1.165, 1.54) is 89.9 Å². The third-order valence-electron chi connectivity index (χ3n) is 5.21. The standard InChI is InChI=1S/C24H45NO/c1-2-3-4-5-6-7-8-9-10-11-12-13-14-15-16-17-18-19-22-26-24-20-21-25-23-24/h6-7,9-10,24-25H,2-5,8,11-23H2,1H3/b7-6-,10-9-. The van der Waals surface area contributed by atoms with Crippen LogP contribution < -0.4 is 5.32 Å². The van der Waals surface area contributed by atoms with Crippen LogP contribution in [0, 0.1) is 0 Å². The van der Waals surface area contributed by atoms with Gasteiger partial charge in [-0.25, -0.2) is 0 Å². The quantitative estimate of drug-likeness (QED) is 0.210. The topological polar surface area (TPSA) is 21.3 Å². The zero-order valence-corrected chi connectivity index (χ0v) is 17.5. The predicted molar refractivity (Wildman–Crippen MR) is 116 cm³/mol. The molecule has 0 radical (unpaired) electrons. The van der Waals surface area contributed by atoms with Crippen molar-refractivity contribution in [1.29, 1.82) is 0 Å². The lowest BCUT2D eigenvalue weighted by atomic mass is 10.1. The summed E-state index contributed by atoms with van der Waals surface area (Å²) in [4.78, 5) is 0. The summed E-state index contributed by atoms with van der Waals surface area (Å²) in [5.41, 5.74) is 0. The molecule has 152 valence electrons. The Hall–Kier alpha value is -0.600. The van der Waals surface area contributed by atoms with Gasteiger partial charge in [0.15, 0.2) is 0 Å². The fourth-order valence-electron chi connectivity index (χ4n) is 3.46. The molecule has 0 bridgehead atoms. The van der Waals surface area contributed by atoms with Crippen molar-refractivity contribution in [3.05, 3.63) is 24.3 Å². The number of hydrogen-bond acceptors (Lipinski definition) is 2.